The van der Waals surface area contributed by atoms with E-state index < -0.39 is 42.7 Å². The molecule has 0 radical (unpaired) electrons. The highest BCUT2D eigenvalue weighted by Crippen LogP contribution is 2.37. The molecule has 7 atom stereocenters. The Morgan fingerprint density at radius 1 is 0.775 bits per heavy atom. The molecule has 0 saturated heterocycles. The van der Waals surface area contributed by atoms with Crippen molar-refractivity contribution in [2.45, 2.75) is 119 Å². The third-order valence-corrected chi connectivity index (χ3v) is 8.38. The maximum Gasteiger partial charge on any atom is 0.429 e. The van der Waals surface area contributed by atoms with Crippen molar-refractivity contribution in [3.63, 3.8) is 0 Å². The van der Waals surface area contributed by atoms with Crippen LogP contribution in [0, 0.1) is 35.5 Å². The second-order valence-electron chi connectivity index (χ2n) is 12.3. The van der Waals surface area contributed by atoms with Gasteiger partial charge < -0.3 is 18.9 Å². The molecule has 2 aliphatic carbocycles. The number of hydrogen-bond acceptors (Lipinski definition) is 8. The number of carbonyl (C=O) groups excluding carboxylic acids is 4. The molecular formula is C30H52N2O8. The zero-order valence-corrected chi connectivity index (χ0v) is 25.8. The van der Waals surface area contributed by atoms with E-state index in [4.69, 9.17) is 18.9 Å². The molecule has 0 bridgehead atoms. The Bertz CT molecular complexity index is 848. The van der Waals surface area contributed by atoms with Crippen LogP contribution in [0.5, 0.6) is 0 Å². The number of rotatable bonds is 10. The van der Waals surface area contributed by atoms with Gasteiger partial charge in [0.15, 0.2) is 6.04 Å². The molecule has 230 valence electrons. The van der Waals surface area contributed by atoms with E-state index >= 15 is 0 Å². The summed E-state index contributed by atoms with van der Waals surface area (Å²) in [5.74, 6) is 0.0975. The van der Waals surface area contributed by atoms with Gasteiger partial charge in [-0.05, 0) is 75.0 Å². The second-order valence-corrected chi connectivity index (χ2v) is 12.3. The maximum absolute atomic E-state index is 13.7. The van der Waals surface area contributed by atoms with Crippen molar-refractivity contribution in [3.05, 3.63) is 0 Å². The number of amides is 2. The van der Waals surface area contributed by atoms with Gasteiger partial charge in [0, 0.05) is 0 Å². The van der Waals surface area contributed by atoms with Crippen LogP contribution in [0.2, 0.25) is 0 Å². The average molecular weight is 569 g/mol. The molecule has 0 aromatic heterocycles. The standard InChI is InChI=1S/C30H52N2O8/c1-9-37-27(33)17-24(28(34)38-10-2)32(30(36)40-26-16-21(8)12-14-23(26)19(5)6)31-29(35)39-25-15-20(7)11-13-22(25)18(3)4/h18-26H,9-17H2,1-8H3,(H,31,35)/t20-,21-,22+,23+,24-,25-,26-/m0/s1. The van der Waals surface area contributed by atoms with Crippen LogP contribution < -0.4 is 5.43 Å². The summed E-state index contributed by atoms with van der Waals surface area (Å²) in [5.41, 5.74) is 2.46. The molecule has 2 fully saturated rings. The lowest BCUT2D eigenvalue weighted by Crippen LogP contribution is -2.58. The fraction of sp³-hybridized carbons (Fsp3) is 0.867. The lowest BCUT2D eigenvalue weighted by Gasteiger charge is -2.39. The summed E-state index contributed by atoms with van der Waals surface area (Å²) in [4.78, 5) is 52.5. The fourth-order valence-corrected chi connectivity index (χ4v) is 6.10. The molecular weight excluding hydrogens is 516 g/mol. The molecule has 2 aliphatic rings. The first-order valence-electron chi connectivity index (χ1n) is 15.2. The minimum Gasteiger partial charge on any atom is -0.466 e. The van der Waals surface area contributed by atoms with Gasteiger partial charge in [-0.15, -0.1) is 0 Å². The summed E-state index contributed by atoms with van der Waals surface area (Å²) in [7, 11) is 0. The summed E-state index contributed by atoms with van der Waals surface area (Å²) in [6.07, 6.45) is 2.28. The van der Waals surface area contributed by atoms with Gasteiger partial charge in [-0.2, -0.15) is 0 Å². The molecule has 0 aromatic rings. The van der Waals surface area contributed by atoms with Gasteiger partial charge in [0.1, 0.15) is 12.2 Å². The molecule has 0 aliphatic heterocycles. The van der Waals surface area contributed by atoms with Crippen LogP contribution in [0.25, 0.3) is 0 Å². The van der Waals surface area contributed by atoms with Crippen molar-refractivity contribution in [3.8, 4) is 0 Å². The van der Waals surface area contributed by atoms with Crippen molar-refractivity contribution in [1.82, 2.24) is 10.4 Å². The molecule has 2 rings (SSSR count). The van der Waals surface area contributed by atoms with Crippen LogP contribution in [0.4, 0.5) is 9.59 Å². The molecule has 10 heteroatoms. The molecule has 0 aromatic carbocycles. The van der Waals surface area contributed by atoms with E-state index in [0.29, 0.717) is 30.6 Å². The third kappa shape index (κ3) is 9.84. The Morgan fingerprint density at radius 3 is 1.75 bits per heavy atom. The van der Waals surface area contributed by atoms with Gasteiger partial charge in [-0.25, -0.2) is 24.8 Å². The first-order valence-corrected chi connectivity index (χ1v) is 15.2. The second kappa shape index (κ2) is 16.1. The van der Waals surface area contributed by atoms with Crippen molar-refractivity contribution < 1.29 is 38.1 Å². The number of nitrogens with one attached hydrogen (secondary N) is 1. The molecule has 0 heterocycles. The highest BCUT2D eigenvalue weighted by Gasteiger charge is 2.41. The van der Waals surface area contributed by atoms with Crippen molar-refractivity contribution in [2.24, 2.45) is 35.5 Å². The number of nitrogens with zero attached hydrogens (tertiary/aromatic N) is 1. The number of esters is 2. The Labute approximate surface area is 240 Å². The van der Waals surface area contributed by atoms with E-state index in [-0.39, 0.29) is 37.1 Å². The van der Waals surface area contributed by atoms with E-state index in [0.717, 1.165) is 30.7 Å². The summed E-state index contributed by atoms with van der Waals surface area (Å²) in [5, 5.41) is 0.768. The van der Waals surface area contributed by atoms with E-state index in [2.05, 4.69) is 47.0 Å². The van der Waals surface area contributed by atoms with Crippen molar-refractivity contribution in [1.29, 1.82) is 0 Å². The van der Waals surface area contributed by atoms with Crippen molar-refractivity contribution in [2.75, 3.05) is 13.2 Å². The van der Waals surface area contributed by atoms with Crippen molar-refractivity contribution >= 4 is 24.1 Å². The normalized spacial score (nSPS) is 27.4. The largest absolute Gasteiger partial charge is 0.466 e. The fourth-order valence-electron chi connectivity index (χ4n) is 6.10. The van der Waals surface area contributed by atoms with Gasteiger partial charge in [0.2, 0.25) is 0 Å². The van der Waals surface area contributed by atoms with Crippen LogP contribution in [0.3, 0.4) is 0 Å². The lowest BCUT2D eigenvalue weighted by atomic mass is 9.75. The van der Waals surface area contributed by atoms with Gasteiger partial charge in [-0.3, -0.25) is 4.79 Å². The third-order valence-electron chi connectivity index (χ3n) is 8.38. The summed E-state index contributed by atoms with van der Waals surface area (Å²) in [6.45, 7) is 16.0. The average Bonchev–Trinajstić information content (AvgIpc) is 2.86. The van der Waals surface area contributed by atoms with E-state index in [1.54, 1.807) is 13.8 Å². The van der Waals surface area contributed by atoms with Crippen LogP contribution in [-0.4, -0.2) is 60.6 Å². The maximum atomic E-state index is 13.7. The number of hydrogen-bond donors (Lipinski definition) is 1. The minimum absolute atomic E-state index is 0.0249. The minimum atomic E-state index is -1.48. The molecule has 0 spiro atoms. The predicted molar refractivity (Wildman–Crippen MR) is 150 cm³/mol. The van der Waals surface area contributed by atoms with Crippen LogP contribution in [-0.2, 0) is 28.5 Å². The Balaban J connectivity index is 2.34. The molecule has 2 saturated carbocycles. The zero-order chi connectivity index (χ0) is 30.0. The van der Waals surface area contributed by atoms with Gasteiger partial charge in [-0.1, -0.05) is 54.4 Å². The molecule has 0 unspecified atom stereocenters. The molecule has 1 N–H and O–H groups in total. The Kier molecular flexibility index (Phi) is 13.5. The highest BCUT2D eigenvalue weighted by atomic mass is 16.6. The first kappa shape index (κ1) is 33.7. The smallest absolute Gasteiger partial charge is 0.429 e. The van der Waals surface area contributed by atoms with Gasteiger partial charge in [0.05, 0.1) is 19.6 Å². The zero-order valence-electron chi connectivity index (χ0n) is 25.8. The van der Waals surface area contributed by atoms with Crippen LogP contribution >= 0.6 is 0 Å². The lowest BCUT2D eigenvalue weighted by molar-refractivity contribution is -0.157. The molecule has 40 heavy (non-hydrogen) atoms. The number of hydrazine groups is 1. The van der Waals surface area contributed by atoms with E-state index in [1.807, 2.05) is 0 Å². The summed E-state index contributed by atoms with van der Waals surface area (Å²) >= 11 is 0. The Morgan fingerprint density at radius 2 is 1.27 bits per heavy atom. The molecule has 2 amide bonds. The quantitative estimate of drug-likeness (QED) is 0.197. The summed E-state index contributed by atoms with van der Waals surface area (Å²) < 4.78 is 22.1. The SMILES string of the molecule is CCOC(=O)C[C@@H](C(=O)OCC)N(NC(=O)O[C@H]1C[C@@H](C)CC[C@@H]1C(C)C)C(=O)O[C@H]1C[C@@H](C)CC[C@@H]1C(C)C. The van der Waals surface area contributed by atoms with E-state index in [9.17, 15) is 19.2 Å². The predicted octanol–water partition coefficient (Wildman–Crippen LogP) is 5.87. The first-order chi connectivity index (χ1) is 18.9. The van der Waals surface area contributed by atoms with Gasteiger partial charge >= 0.3 is 24.1 Å². The van der Waals surface area contributed by atoms with E-state index in [1.165, 1.54) is 0 Å². The van der Waals surface area contributed by atoms with Crippen LogP contribution in [0.15, 0.2) is 0 Å². The summed E-state index contributed by atoms with van der Waals surface area (Å²) in [6, 6.07) is -1.48. The molecule has 10 nitrogen and oxygen atoms in total. The topological polar surface area (TPSA) is 120 Å². The number of carbonyl (C=O) groups is 4. The van der Waals surface area contributed by atoms with Gasteiger partial charge in [0.25, 0.3) is 0 Å². The highest BCUT2D eigenvalue weighted by molar-refractivity contribution is 5.87. The monoisotopic (exact) mass is 568 g/mol. The number of ether oxygens (including phenoxy) is 4. The van der Waals surface area contributed by atoms with Crippen LogP contribution in [0.1, 0.15) is 100 Å². The Hall–Kier alpha value is -2.52.